The van der Waals surface area contributed by atoms with E-state index in [4.69, 9.17) is 16.1 Å². The number of rotatable bonds is 4. The summed E-state index contributed by atoms with van der Waals surface area (Å²) in [6.45, 7) is -0.323. The number of hydrogen-bond acceptors (Lipinski definition) is 4. The number of alkyl halides is 2. The summed E-state index contributed by atoms with van der Waals surface area (Å²) in [6, 6.07) is 6.35. The first-order valence-electron chi connectivity index (χ1n) is 4.54. The average Bonchev–Trinajstić information content (AvgIpc) is 2.26. The van der Waals surface area contributed by atoms with Crippen LogP contribution in [-0.4, -0.2) is 24.2 Å². The third-order valence-electron chi connectivity index (χ3n) is 1.96. The number of anilines is 2. The van der Waals surface area contributed by atoms with Crippen molar-refractivity contribution in [2.24, 2.45) is 0 Å². The molecule has 1 aromatic carbocycles. The molecule has 1 unspecified atom stereocenters. The number of nitrogens with two attached hydrogens (primary N) is 1. The van der Waals surface area contributed by atoms with Gasteiger partial charge in [-0.05, 0) is 18.2 Å². The van der Waals surface area contributed by atoms with Crippen LogP contribution in [0, 0.1) is 11.3 Å². The summed E-state index contributed by atoms with van der Waals surface area (Å²) in [5.74, 6) is 0. The van der Waals surface area contributed by atoms with Gasteiger partial charge >= 0.3 is 0 Å². The van der Waals surface area contributed by atoms with Crippen LogP contribution < -0.4 is 11.1 Å². The molecule has 0 saturated heterocycles. The molecule has 16 heavy (non-hydrogen) atoms. The van der Waals surface area contributed by atoms with Crippen molar-refractivity contribution in [3.63, 3.8) is 0 Å². The van der Waals surface area contributed by atoms with Crippen molar-refractivity contribution in [2.75, 3.05) is 17.6 Å². The molecule has 1 aromatic rings. The van der Waals surface area contributed by atoms with Crippen molar-refractivity contribution in [3.8, 4) is 6.07 Å². The Labute approximate surface area is 91.3 Å². The van der Waals surface area contributed by atoms with E-state index in [1.165, 1.54) is 18.2 Å². The van der Waals surface area contributed by atoms with Crippen molar-refractivity contribution in [1.82, 2.24) is 0 Å². The molecule has 4 nitrogen and oxygen atoms in total. The van der Waals surface area contributed by atoms with E-state index in [1.807, 2.05) is 6.07 Å². The Morgan fingerprint density at radius 3 is 2.75 bits per heavy atom. The highest BCUT2D eigenvalue weighted by molar-refractivity contribution is 5.62. The Kier molecular flexibility index (Phi) is 4.03. The topological polar surface area (TPSA) is 82.1 Å². The molecule has 0 bridgehead atoms. The van der Waals surface area contributed by atoms with Crippen LogP contribution in [0.1, 0.15) is 5.56 Å². The van der Waals surface area contributed by atoms with Crippen LogP contribution in [0.5, 0.6) is 0 Å². The summed E-state index contributed by atoms with van der Waals surface area (Å²) >= 11 is 0. The molecule has 0 amide bonds. The smallest absolute Gasteiger partial charge is 0.265 e. The average molecular weight is 227 g/mol. The van der Waals surface area contributed by atoms with Gasteiger partial charge in [-0.15, -0.1) is 0 Å². The van der Waals surface area contributed by atoms with Gasteiger partial charge in [-0.3, -0.25) is 0 Å². The highest BCUT2D eigenvalue weighted by atomic mass is 19.3. The molecule has 1 rings (SSSR count). The molecule has 0 heterocycles. The molecule has 0 aromatic heterocycles. The van der Waals surface area contributed by atoms with Crippen molar-refractivity contribution >= 4 is 11.4 Å². The lowest BCUT2D eigenvalue weighted by atomic mass is 10.1. The second kappa shape index (κ2) is 5.28. The fraction of sp³-hybridized carbons (Fsp3) is 0.300. The minimum Gasteiger partial charge on any atom is -0.399 e. The molecule has 0 aliphatic rings. The standard InChI is InChI=1S/C10H11F2N3O/c11-10(12)9(16)5-15-8-2-1-7(14)3-6(8)4-13/h1-3,9-10,15-16H,5,14H2. The van der Waals surface area contributed by atoms with Crippen molar-refractivity contribution in [3.05, 3.63) is 23.8 Å². The van der Waals surface area contributed by atoms with E-state index in [1.54, 1.807) is 0 Å². The largest absolute Gasteiger partial charge is 0.399 e. The molecular weight excluding hydrogens is 216 g/mol. The Morgan fingerprint density at radius 1 is 1.50 bits per heavy atom. The van der Waals surface area contributed by atoms with Gasteiger partial charge in [0.1, 0.15) is 12.2 Å². The van der Waals surface area contributed by atoms with Gasteiger partial charge in [0, 0.05) is 12.2 Å². The Bertz CT molecular complexity index is 404. The fourth-order valence-electron chi connectivity index (χ4n) is 1.11. The first kappa shape index (κ1) is 12.2. The number of benzene rings is 1. The summed E-state index contributed by atoms with van der Waals surface area (Å²) in [5, 5.41) is 20.2. The third-order valence-corrected chi connectivity index (χ3v) is 1.96. The van der Waals surface area contributed by atoms with Gasteiger partial charge < -0.3 is 16.2 Å². The fourth-order valence-corrected chi connectivity index (χ4v) is 1.11. The van der Waals surface area contributed by atoms with Crippen LogP contribution in [0.2, 0.25) is 0 Å². The Morgan fingerprint density at radius 2 is 2.19 bits per heavy atom. The van der Waals surface area contributed by atoms with Crippen LogP contribution in [0.3, 0.4) is 0 Å². The van der Waals surface area contributed by atoms with E-state index in [-0.39, 0.29) is 12.1 Å². The van der Waals surface area contributed by atoms with E-state index >= 15 is 0 Å². The monoisotopic (exact) mass is 227 g/mol. The molecule has 0 saturated carbocycles. The summed E-state index contributed by atoms with van der Waals surface area (Å²) in [6.07, 6.45) is -4.57. The normalized spacial score (nSPS) is 12.2. The molecule has 0 fully saturated rings. The molecule has 4 N–H and O–H groups in total. The number of nitrogens with one attached hydrogen (secondary N) is 1. The summed E-state index contributed by atoms with van der Waals surface area (Å²) in [7, 11) is 0. The molecule has 86 valence electrons. The first-order chi connectivity index (χ1) is 7.54. The number of hydrogen-bond donors (Lipinski definition) is 3. The highest BCUT2D eigenvalue weighted by Crippen LogP contribution is 2.18. The maximum atomic E-state index is 12.0. The van der Waals surface area contributed by atoms with Gasteiger partial charge in [0.15, 0.2) is 0 Å². The Balaban J connectivity index is 2.71. The number of nitrogens with zero attached hydrogens (tertiary/aromatic N) is 1. The number of nitrogen functional groups attached to an aromatic ring is 1. The van der Waals surface area contributed by atoms with E-state index in [0.717, 1.165) is 0 Å². The van der Waals surface area contributed by atoms with Gasteiger partial charge in [0.25, 0.3) is 6.43 Å². The molecule has 6 heteroatoms. The van der Waals surface area contributed by atoms with Gasteiger partial charge in [0.2, 0.25) is 0 Å². The minimum absolute atomic E-state index is 0.251. The van der Waals surface area contributed by atoms with Crippen LogP contribution in [-0.2, 0) is 0 Å². The number of aliphatic hydroxyl groups is 1. The number of nitriles is 1. The quantitative estimate of drug-likeness (QED) is 0.674. The predicted molar refractivity (Wildman–Crippen MR) is 56.1 cm³/mol. The zero-order valence-corrected chi connectivity index (χ0v) is 8.32. The molecule has 0 spiro atoms. The molecule has 0 aliphatic heterocycles. The molecule has 0 radical (unpaired) electrons. The van der Waals surface area contributed by atoms with Gasteiger partial charge in [-0.25, -0.2) is 8.78 Å². The van der Waals surface area contributed by atoms with Crippen molar-refractivity contribution in [2.45, 2.75) is 12.5 Å². The first-order valence-corrected chi connectivity index (χ1v) is 4.54. The predicted octanol–water partition coefficient (Wildman–Crippen LogP) is 1.18. The maximum Gasteiger partial charge on any atom is 0.265 e. The number of aliphatic hydroxyl groups excluding tert-OH is 1. The SMILES string of the molecule is N#Cc1cc(N)ccc1NCC(O)C(F)F. The lowest BCUT2D eigenvalue weighted by Crippen LogP contribution is -2.27. The molecule has 1 atom stereocenters. The molecular formula is C10H11F2N3O. The van der Waals surface area contributed by atoms with Crippen LogP contribution in [0.25, 0.3) is 0 Å². The highest BCUT2D eigenvalue weighted by Gasteiger charge is 2.16. The van der Waals surface area contributed by atoms with Crippen molar-refractivity contribution < 1.29 is 13.9 Å². The van der Waals surface area contributed by atoms with Crippen LogP contribution in [0.4, 0.5) is 20.2 Å². The molecule has 0 aliphatic carbocycles. The van der Waals surface area contributed by atoms with E-state index in [9.17, 15) is 8.78 Å². The summed E-state index contributed by atoms with van der Waals surface area (Å²) < 4.78 is 24.0. The van der Waals surface area contributed by atoms with E-state index in [2.05, 4.69) is 5.32 Å². The van der Waals surface area contributed by atoms with Crippen molar-refractivity contribution in [1.29, 1.82) is 5.26 Å². The number of halogens is 2. The lowest BCUT2D eigenvalue weighted by molar-refractivity contribution is 0.00384. The minimum atomic E-state index is -2.81. The van der Waals surface area contributed by atoms with Gasteiger partial charge in [-0.2, -0.15) is 5.26 Å². The second-order valence-corrected chi connectivity index (χ2v) is 3.20. The maximum absolute atomic E-state index is 12.0. The third kappa shape index (κ3) is 3.07. The zero-order valence-electron chi connectivity index (χ0n) is 8.32. The van der Waals surface area contributed by atoms with E-state index < -0.39 is 12.5 Å². The van der Waals surface area contributed by atoms with Crippen LogP contribution >= 0.6 is 0 Å². The van der Waals surface area contributed by atoms with Crippen LogP contribution in [0.15, 0.2) is 18.2 Å². The summed E-state index contributed by atoms with van der Waals surface area (Å²) in [4.78, 5) is 0. The summed E-state index contributed by atoms with van der Waals surface area (Å²) in [5.41, 5.74) is 6.50. The van der Waals surface area contributed by atoms with Gasteiger partial charge in [0.05, 0.1) is 11.3 Å². The zero-order chi connectivity index (χ0) is 12.1. The van der Waals surface area contributed by atoms with Gasteiger partial charge in [-0.1, -0.05) is 0 Å². The van der Waals surface area contributed by atoms with E-state index in [0.29, 0.717) is 11.4 Å². The Hall–Kier alpha value is -1.87. The lowest BCUT2D eigenvalue weighted by Gasteiger charge is -2.12. The second-order valence-electron chi connectivity index (χ2n) is 3.20.